The van der Waals surface area contributed by atoms with Crippen LogP contribution in [0.4, 0.5) is 11.4 Å². The fourth-order valence-corrected chi connectivity index (χ4v) is 1.92. The molecular formula is C17H24N2O3. The van der Waals surface area contributed by atoms with Gasteiger partial charge >= 0.3 is 0 Å². The van der Waals surface area contributed by atoms with Crippen molar-refractivity contribution < 1.29 is 14.4 Å². The maximum Gasteiger partial charge on any atom is 0.224 e. The largest absolute Gasteiger partial charge is 0.326 e. The number of benzene rings is 1. The molecule has 0 aliphatic carbocycles. The van der Waals surface area contributed by atoms with Crippen LogP contribution in [0.1, 0.15) is 57.3 Å². The minimum atomic E-state index is -0.138. The van der Waals surface area contributed by atoms with Crippen LogP contribution in [0.5, 0.6) is 0 Å². The Morgan fingerprint density at radius 3 is 1.73 bits per heavy atom. The summed E-state index contributed by atoms with van der Waals surface area (Å²) in [7, 11) is 0. The molecule has 2 amide bonds. The van der Waals surface area contributed by atoms with Gasteiger partial charge in [0.2, 0.25) is 11.8 Å². The van der Waals surface area contributed by atoms with E-state index in [0.29, 0.717) is 36.2 Å². The molecule has 0 radical (unpaired) electrons. The van der Waals surface area contributed by atoms with Gasteiger partial charge in [0.15, 0.2) is 5.78 Å². The Bertz CT molecular complexity index is 529. The monoisotopic (exact) mass is 304 g/mol. The number of rotatable bonds is 7. The Morgan fingerprint density at radius 1 is 0.909 bits per heavy atom. The quantitative estimate of drug-likeness (QED) is 0.756. The molecule has 0 aliphatic heterocycles. The first-order valence-corrected chi connectivity index (χ1v) is 7.63. The molecule has 0 bridgehead atoms. The van der Waals surface area contributed by atoms with Gasteiger partial charge in [-0.15, -0.1) is 0 Å². The van der Waals surface area contributed by atoms with Gasteiger partial charge < -0.3 is 10.6 Å². The second-order valence-electron chi connectivity index (χ2n) is 5.62. The maximum atomic E-state index is 12.2. The van der Waals surface area contributed by atoms with Crippen LogP contribution in [0.25, 0.3) is 0 Å². The summed E-state index contributed by atoms with van der Waals surface area (Å²) < 4.78 is 0. The van der Waals surface area contributed by atoms with Crippen LogP contribution in [-0.2, 0) is 9.59 Å². The zero-order valence-corrected chi connectivity index (χ0v) is 13.7. The van der Waals surface area contributed by atoms with Crippen LogP contribution in [0.3, 0.4) is 0 Å². The molecule has 5 heteroatoms. The Kier molecular flexibility index (Phi) is 6.76. The van der Waals surface area contributed by atoms with Crippen molar-refractivity contribution in [3.63, 3.8) is 0 Å². The molecule has 2 N–H and O–H groups in total. The standard InChI is InChI=1S/C17H24N2O3/c1-5-16(21)18-13-8-12(15(20)7-11(3)4)9-14(10-13)19-17(22)6-2/h8-11H,5-7H2,1-4H3,(H,18,21)(H,19,22). The number of amides is 2. The predicted molar refractivity (Wildman–Crippen MR) is 88.1 cm³/mol. The van der Waals surface area contributed by atoms with Crippen LogP contribution < -0.4 is 10.6 Å². The van der Waals surface area contributed by atoms with E-state index in [2.05, 4.69) is 10.6 Å². The van der Waals surface area contributed by atoms with Crippen LogP contribution in [0, 0.1) is 5.92 Å². The van der Waals surface area contributed by atoms with Crippen molar-refractivity contribution in [2.24, 2.45) is 5.92 Å². The molecule has 0 atom stereocenters. The molecule has 120 valence electrons. The van der Waals surface area contributed by atoms with Gasteiger partial charge in [-0.25, -0.2) is 0 Å². The summed E-state index contributed by atoms with van der Waals surface area (Å²) in [5, 5.41) is 5.46. The average molecular weight is 304 g/mol. The lowest BCUT2D eigenvalue weighted by Gasteiger charge is -2.12. The highest BCUT2D eigenvalue weighted by molar-refractivity contribution is 6.01. The van der Waals surface area contributed by atoms with Crippen molar-refractivity contribution in [3.05, 3.63) is 23.8 Å². The van der Waals surface area contributed by atoms with Gasteiger partial charge in [-0.1, -0.05) is 27.7 Å². The Hall–Kier alpha value is -2.17. The van der Waals surface area contributed by atoms with E-state index >= 15 is 0 Å². The molecule has 0 aliphatic rings. The predicted octanol–water partition coefficient (Wildman–Crippen LogP) is 3.61. The summed E-state index contributed by atoms with van der Waals surface area (Å²) >= 11 is 0. The van der Waals surface area contributed by atoms with Crippen molar-refractivity contribution in [2.75, 3.05) is 10.6 Å². The van der Waals surface area contributed by atoms with E-state index in [1.807, 2.05) is 13.8 Å². The first-order valence-electron chi connectivity index (χ1n) is 7.63. The normalized spacial score (nSPS) is 10.4. The minimum Gasteiger partial charge on any atom is -0.326 e. The molecule has 0 aromatic heterocycles. The zero-order chi connectivity index (χ0) is 16.7. The van der Waals surface area contributed by atoms with Gasteiger partial charge in [-0.05, 0) is 24.1 Å². The summed E-state index contributed by atoms with van der Waals surface area (Å²) in [4.78, 5) is 35.3. The summed E-state index contributed by atoms with van der Waals surface area (Å²) in [6.45, 7) is 7.45. The number of hydrogen-bond acceptors (Lipinski definition) is 3. The van der Waals surface area contributed by atoms with Gasteiger partial charge in [-0.2, -0.15) is 0 Å². The van der Waals surface area contributed by atoms with E-state index in [-0.39, 0.29) is 23.5 Å². The molecule has 22 heavy (non-hydrogen) atoms. The van der Waals surface area contributed by atoms with E-state index in [1.54, 1.807) is 32.0 Å². The number of carbonyl (C=O) groups excluding carboxylic acids is 3. The lowest BCUT2D eigenvalue weighted by molar-refractivity contribution is -0.116. The topological polar surface area (TPSA) is 75.3 Å². The summed E-state index contributed by atoms with van der Waals surface area (Å²) in [5.74, 6) is -0.0351. The summed E-state index contributed by atoms with van der Waals surface area (Å²) in [5.41, 5.74) is 1.54. The second kappa shape index (κ2) is 8.32. The van der Waals surface area contributed by atoms with Crippen LogP contribution in [0.2, 0.25) is 0 Å². The molecule has 1 aromatic carbocycles. The third-order valence-electron chi connectivity index (χ3n) is 3.06. The van der Waals surface area contributed by atoms with Crippen molar-refractivity contribution in [1.82, 2.24) is 0 Å². The fraction of sp³-hybridized carbons (Fsp3) is 0.471. The molecule has 0 spiro atoms. The third-order valence-corrected chi connectivity index (χ3v) is 3.06. The van der Waals surface area contributed by atoms with E-state index in [1.165, 1.54) is 0 Å². The number of ketones is 1. The van der Waals surface area contributed by atoms with Crippen molar-refractivity contribution in [2.45, 2.75) is 47.0 Å². The highest BCUT2D eigenvalue weighted by Crippen LogP contribution is 2.22. The first kappa shape index (κ1) is 17.9. The molecule has 0 heterocycles. The van der Waals surface area contributed by atoms with Crippen LogP contribution in [-0.4, -0.2) is 17.6 Å². The minimum absolute atomic E-state index is 0.00500. The fourth-order valence-electron chi connectivity index (χ4n) is 1.92. The van der Waals surface area contributed by atoms with Gasteiger partial charge in [0.25, 0.3) is 0 Å². The SMILES string of the molecule is CCC(=O)Nc1cc(NC(=O)CC)cc(C(=O)CC(C)C)c1. The molecule has 1 aromatic rings. The first-order chi connectivity index (χ1) is 10.3. The number of anilines is 2. The number of Topliss-reactive ketones (excluding diaryl/α,β-unsaturated/α-hetero) is 1. The molecular weight excluding hydrogens is 280 g/mol. The second-order valence-corrected chi connectivity index (χ2v) is 5.62. The Balaban J connectivity index is 3.10. The van der Waals surface area contributed by atoms with E-state index in [4.69, 9.17) is 0 Å². The van der Waals surface area contributed by atoms with Gasteiger partial charge in [-0.3, -0.25) is 14.4 Å². The molecule has 0 fully saturated rings. The number of nitrogens with one attached hydrogen (secondary N) is 2. The van der Waals surface area contributed by atoms with Gasteiger partial charge in [0.1, 0.15) is 0 Å². The third kappa shape index (κ3) is 5.68. The molecule has 0 saturated heterocycles. The Labute approximate surface area is 131 Å². The van der Waals surface area contributed by atoms with Crippen LogP contribution in [0.15, 0.2) is 18.2 Å². The highest BCUT2D eigenvalue weighted by Gasteiger charge is 2.12. The molecule has 0 unspecified atom stereocenters. The molecule has 0 saturated carbocycles. The highest BCUT2D eigenvalue weighted by atomic mass is 16.2. The summed E-state index contributed by atoms with van der Waals surface area (Å²) in [6, 6.07) is 4.97. The molecule has 5 nitrogen and oxygen atoms in total. The van der Waals surface area contributed by atoms with Gasteiger partial charge in [0.05, 0.1) is 0 Å². The van der Waals surface area contributed by atoms with Crippen molar-refractivity contribution in [3.8, 4) is 0 Å². The lowest BCUT2D eigenvalue weighted by Crippen LogP contribution is -2.14. The summed E-state index contributed by atoms with van der Waals surface area (Å²) in [6.07, 6.45) is 1.12. The van der Waals surface area contributed by atoms with E-state index in [9.17, 15) is 14.4 Å². The maximum absolute atomic E-state index is 12.2. The molecule has 1 rings (SSSR count). The number of hydrogen-bond donors (Lipinski definition) is 2. The van der Waals surface area contributed by atoms with Crippen molar-refractivity contribution >= 4 is 29.0 Å². The van der Waals surface area contributed by atoms with Crippen molar-refractivity contribution in [1.29, 1.82) is 0 Å². The van der Waals surface area contributed by atoms with Crippen LogP contribution >= 0.6 is 0 Å². The average Bonchev–Trinajstić information content (AvgIpc) is 2.45. The van der Waals surface area contributed by atoms with Gasteiger partial charge in [0, 0.05) is 36.2 Å². The Morgan fingerprint density at radius 2 is 1.36 bits per heavy atom. The zero-order valence-electron chi connectivity index (χ0n) is 13.7. The smallest absolute Gasteiger partial charge is 0.224 e. The number of carbonyl (C=O) groups is 3. The lowest BCUT2D eigenvalue weighted by atomic mass is 10.00. The van der Waals surface area contributed by atoms with E-state index < -0.39 is 0 Å². The van der Waals surface area contributed by atoms with E-state index in [0.717, 1.165) is 0 Å².